The Kier molecular flexibility index (Phi) is 8.73. The van der Waals surface area contributed by atoms with Crippen molar-refractivity contribution in [1.29, 1.82) is 0 Å². The molecule has 24 heavy (non-hydrogen) atoms. The fraction of sp³-hybridized carbons (Fsp3) is 0.562. The predicted octanol–water partition coefficient (Wildman–Crippen LogP) is 1.06. The third-order valence-electron chi connectivity index (χ3n) is 3.12. The predicted molar refractivity (Wildman–Crippen MR) is 96.3 cm³/mol. The minimum Gasteiger partial charge on any atom is -0.381 e. The summed E-state index contributed by atoms with van der Waals surface area (Å²) in [5.74, 6) is 1.19. The standard InChI is InChI=1S/C16H28N4O3S/c1-13(2)12-23-9-5-8-19-16(18-3)20-11-14-6-4-7-15(10-14)24(17,21)22/h4,6-7,10,13H,5,8-9,11-12H2,1-3H3,(H2,17,21,22)(H2,18,19,20). The first kappa shape index (κ1) is 20.4. The lowest BCUT2D eigenvalue weighted by molar-refractivity contribution is 0.108. The molecule has 0 aliphatic carbocycles. The lowest BCUT2D eigenvalue weighted by atomic mass is 10.2. The molecule has 0 atom stereocenters. The monoisotopic (exact) mass is 356 g/mol. The Bertz CT molecular complexity index is 630. The number of hydrogen-bond donors (Lipinski definition) is 3. The Balaban J connectivity index is 2.37. The van der Waals surface area contributed by atoms with Gasteiger partial charge in [-0.25, -0.2) is 13.6 Å². The number of rotatable bonds is 9. The largest absolute Gasteiger partial charge is 0.381 e. The number of nitrogens with zero attached hydrogens (tertiary/aromatic N) is 1. The van der Waals surface area contributed by atoms with E-state index in [1.165, 1.54) is 6.07 Å². The summed E-state index contributed by atoms with van der Waals surface area (Å²) in [6.07, 6.45) is 0.883. The molecule has 0 aliphatic heterocycles. The summed E-state index contributed by atoms with van der Waals surface area (Å²) in [6.45, 7) is 6.91. The van der Waals surface area contributed by atoms with Crippen LogP contribution in [0.4, 0.5) is 0 Å². The van der Waals surface area contributed by atoms with Crippen LogP contribution in [0.1, 0.15) is 25.8 Å². The molecule has 0 fully saturated rings. The molecule has 0 amide bonds. The molecule has 0 aromatic heterocycles. The third kappa shape index (κ3) is 8.28. The van der Waals surface area contributed by atoms with Crippen LogP contribution in [0.5, 0.6) is 0 Å². The highest BCUT2D eigenvalue weighted by atomic mass is 32.2. The van der Waals surface area contributed by atoms with Crippen molar-refractivity contribution >= 4 is 16.0 Å². The molecule has 0 bridgehead atoms. The molecule has 0 saturated carbocycles. The summed E-state index contributed by atoms with van der Waals surface area (Å²) < 4.78 is 28.2. The van der Waals surface area contributed by atoms with Crippen LogP contribution in [-0.4, -0.2) is 41.2 Å². The van der Waals surface area contributed by atoms with Gasteiger partial charge in [-0.05, 0) is 30.0 Å². The maximum atomic E-state index is 11.4. The molecule has 8 heteroatoms. The van der Waals surface area contributed by atoms with Crippen LogP contribution >= 0.6 is 0 Å². The summed E-state index contributed by atoms with van der Waals surface area (Å²) in [5, 5.41) is 11.5. The second-order valence-corrected chi connectivity index (χ2v) is 7.43. The number of guanidine groups is 1. The molecule has 0 spiro atoms. The average Bonchev–Trinajstić information content (AvgIpc) is 2.52. The summed E-state index contributed by atoms with van der Waals surface area (Å²) >= 11 is 0. The molecule has 0 heterocycles. The van der Waals surface area contributed by atoms with E-state index in [2.05, 4.69) is 29.5 Å². The smallest absolute Gasteiger partial charge is 0.238 e. The Hall–Kier alpha value is -1.64. The van der Waals surface area contributed by atoms with Gasteiger partial charge < -0.3 is 15.4 Å². The van der Waals surface area contributed by atoms with Crippen molar-refractivity contribution in [3.63, 3.8) is 0 Å². The number of primary sulfonamides is 1. The van der Waals surface area contributed by atoms with Gasteiger partial charge in [0.15, 0.2) is 5.96 Å². The molecular formula is C16H28N4O3S. The first-order valence-corrected chi connectivity index (χ1v) is 9.51. The minimum atomic E-state index is -3.69. The van der Waals surface area contributed by atoms with E-state index in [0.717, 1.165) is 25.1 Å². The van der Waals surface area contributed by atoms with Crippen LogP contribution in [-0.2, 0) is 21.3 Å². The van der Waals surface area contributed by atoms with Crippen molar-refractivity contribution in [2.45, 2.75) is 31.7 Å². The van der Waals surface area contributed by atoms with Crippen LogP contribution in [0.15, 0.2) is 34.2 Å². The Morgan fingerprint density at radius 1 is 1.33 bits per heavy atom. The van der Waals surface area contributed by atoms with Gasteiger partial charge in [0.2, 0.25) is 10.0 Å². The molecule has 7 nitrogen and oxygen atoms in total. The quantitative estimate of drug-likeness (QED) is 0.348. The lowest BCUT2D eigenvalue weighted by Gasteiger charge is -2.13. The number of hydrogen-bond acceptors (Lipinski definition) is 4. The van der Waals surface area contributed by atoms with E-state index < -0.39 is 10.0 Å². The van der Waals surface area contributed by atoms with Crippen molar-refractivity contribution in [3.8, 4) is 0 Å². The van der Waals surface area contributed by atoms with Crippen molar-refractivity contribution in [2.75, 3.05) is 26.8 Å². The SMILES string of the molecule is CN=C(NCCCOCC(C)C)NCc1cccc(S(N)(=O)=O)c1. The molecule has 1 rings (SSSR count). The number of nitrogens with two attached hydrogens (primary N) is 1. The number of aliphatic imine (C=N–C) groups is 1. The summed E-state index contributed by atoms with van der Waals surface area (Å²) in [7, 11) is -2.00. The highest BCUT2D eigenvalue weighted by Crippen LogP contribution is 2.09. The number of benzene rings is 1. The second kappa shape index (κ2) is 10.3. The van der Waals surface area contributed by atoms with E-state index in [9.17, 15) is 8.42 Å². The van der Waals surface area contributed by atoms with E-state index in [-0.39, 0.29) is 4.90 Å². The third-order valence-corrected chi connectivity index (χ3v) is 4.03. The van der Waals surface area contributed by atoms with Crippen LogP contribution in [0, 0.1) is 5.92 Å². The van der Waals surface area contributed by atoms with Gasteiger partial charge in [0.25, 0.3) is 0 Å². The summed E-state index contributed by atoms with van der Waals surface area (Å²) in [5.41, 5.74) is 0.810. The molecule has 0 saturated heterocycles. The van der Waals surface area contributed by atoms with Gasteiger partial charge in [0.05, 0.1) is 4.90 Å². The normalized spacial score (nSPS) is 12.5. The number of nitrogens with one attached hydrogen (secondary N) is 2. The average molecular weight is 356 g/mol. The second-order valence-electron chi connectivity index (χ2n) is 5.87. The Morgan fingerprint density at radius 3 is 2.71 bits per heavy atom. The zero-order valence-electron chi connectivity index (χ0n) is 14.6. The van der Waals surface area contributed by atoms with E-state index >= 15 is 0 Å². The number of ether oxygens (including phenoxy) is 1. The Labute approximate surface area is 144 Å². The van der Waals surface area contributed by atoms with Gasteiger partial charge in [-0.3, -0.25) is 4.99 Å². The molecular weight excluding hydrogens is 328 g/mol. The van der Waals surface area contributed by atoms with Gasteiger partial charge in [-0.2, -0.15) is 0 Å². The van der Waals surface area contributed by atoms with Gasteiger partial charge >= 0.3 is 0 Å². The van der Waals surface area contributed by atoms with Crippen molar-refractivity contribution in [1.82, 2.24) is 10.6 Å². The van der Waals surface area contributed by atoms with E-state index in [1.807, 2.05) is 6.07 Å². The maximum absolute atomic E-state index is 11.4. The first-order chi connectivity index (χ1) is 11.3. The highest BCUT2D eigenvalue weighted by Gasteiger charge is 2.08. The van der Waals surface area contributed by atoms with Crippen molar-refractivity contribution in [3.05, 3.63) is 29.8 Å². The van der Waals surface area contributed by atoms with Crippen LogP contribution in [0.3, 0.4) is 0 Å². The van der Waals surface area contributed by atoms with Gasteiger partial charge in [0, 0.05) is 33.4 Å². The summed E-state index contributed by atoms with van der Waals surface area (Å²) in [6, 6.07) is 6.52. The molecule has 0 radical (unpaired) electrons. The van der Waals surface area contributed by atoms with E-state index in [4.69, 9.17) is 9.88 Å². The van der Waals surface area contributed by atoms with E-state index in [0.29, 0.717) is 25.0 Å². The molecule has 4 N–H and O–H groups in total. The molecule has 1 aromatic rings. The van der Waals surface area contributed by atoms with Crippen LogP contribution in [0.2, 0.25) is 0 Å². The van der Waals surface area contributed by atoms with E-state index in [1.54, 1.807) is 19.2 Å². The zero-order valence-corrected chi connectivity index (χ0v) is 15.4. The zero-order chi connectivity index (χ0) is 18.0. The molecule has 0 aliphatic rings. The molecule has 136 valence electrons. The van der Waals surface area contributed by atoms with Gasteiger partial charge in [-0.1, -0.05) is 26.0 Å². The topological polar surface area (TPSA) is 106 Å². The number of sulfonamides is 1. The fourth-order valence-electron chi connectivity index (χ4n) is 1.94. The van der Waals surface area contributed by atoms with Gasteiger partial charge in [0.1, 0.15) is 0 Å². The van der Waals surface area contributed by atoms with Gasteiger partial charge in [-0.15, -0.1) is 0 Å². The van der Waals surface area contributed by atoms with Crippen LogP contribution < -0.4 is 15.8 Å². The Morgan fingerprint density at radius 2 is 2.08 bits per heavy atom. The van der Waals surface area contributed by atoms with Crippen LogP contribution in [0.25, 0.3) is 0 Å². The molecule has 0 unspecified atom stereocenters. The first-order valence-electron chi connectivity index (χ1n) is 7.97. The van der Waals surface area contributed by atoms with Crippen molar-refractivity contribution in [2.24, 2.45) is 16.0 Å². The lowest BCUT2D eigenvalue weighted by Crippen LogP contribution is -2.37. The minimum absolute atomic E-state index is 0.104. The fourth-order valence-corrected chi connectivity index (χ4v) is 2.52. The highest BCUT2D eigenvalue weighted by molar-refractivity contribution is 7.89. The maximum Gasteiger partial charge on any atom is 0.238 e. The molecule has 1 aromatic carbocycles. The van der Waals surface area contributed by atoms with Crippen molar-refractivity contribution < 1.29 is 13.2 Å². The summed E-state index contributed by atoms with van der Waals surface area (Å²) in [4.78, 5) is 4.23.